The number of aromatic amines is 1. The second-order valence-corrected chi connectivity index (χ2v) is 8.78. The van der Waals surface area contributed by atoms with Gasteiger partial charge >= 0.3 is 0 Å². The van der Waals surface area contributed by atoms with Gasteiger partial charge in [0.15, 0.2) is 5.65 Å². The van der Waals surface area contributed by atoms with Gasteiger partial charge in [0.25, 0.3) is 0 Å². The molecule has 1 saturated heterocycles. The van der Waals surface area contributed by atoms with Crippen LogP contribution in [0, 0.1) is 5.92 Å². The number of sulfonamides is 1. The van der Waals surface area contributed by atoms with Crippen molar-refractivity contribution in [3.8, 4) is 11.3 Å². The van der Waals surface area contributed by atoms with Crippen LogP contribution < -0.4 is 0 Å². The molecule has 0 bridgehead atoms. The van der Waals surface area contributed by atoms with Crippen LogP contribution in [-0.4, -0.2) is 52.0 Å². The average Bonchev–Trinajstić information content (AvgIpc) is 3.09. The number of fused-ring (bicyclic) bond motifs is 1. The Bertz CT molecular complexity index is 1030. The zero-order valence-electron chi connectivity index (χ0n) is 14.6. The third-order valence-corrected chi connectivity index (χ3v) is 6.13. The van der Waals surface area contributed by atoms with Crippen LogP contribution in [0.3, 0.4) is 0 Å². The normalized spacial score (nSPS) is 19.0. The number of rotatable bonds is 4. The van der Waals surface area contributed by atoms with Gasteiger partial charge < -0.3 is 4.98 Å². The van der Waals surface area contributed by atoms with Crippen LogP contribution in [0.5, 0.6) is 0 Å². The molecule has 0 aromatic carbocycles. The minimum Gasteiger partial charge on any atom is -0.345 e. The number of piperidine rings is 1. The largest absolute Gasteiger partial charge is 0.345 e. The molecule has 0 aliphatic carbocycles. The highest BCUT2D eigenvalue weighted by Crippen LogP contribution is 2.27. The van der Waals surface area contributed by atoms with Crippen molar-refractivity contribution in [2.75, 3.05) is 19.3 Å². The highest BCUT2D eigenvalue weighted by atomic mass is 32.2. The molecule has 1 atom stereocenters. The summed E-state index contributed by atoms with van der Waals surface area (Å²) in [5, 5.41) is 0. The van der Waals surface area contributed by atoms with Crippen LogP contribution in [0.2, 0.25) is 0 Å². The molecule has 7 nitrogen and oxygen atoms in total. The maximum Gasteiger partial charge on any atom is 0.211 e. The minimum atomic E-state index is -3.14. The van der Waals surface area contributed by atoms with E-state index in [-0.39, 0.29) is 5.92 Å². The lowest BCUT2D eigenvalue weighted by atomic mass is 9.92. The molecule has 3 aromatic heterocycles. The van der Waals surface area contributed by atoms with Crippen LogP contribution in [0.4, 0.5) is 0 Å². The van der Waals surface area contributed by atoms with Crippen LogP contribution in [-0.2, 0) is 16.4 Å². The molecule has 1 N–H and O–H groups in total. The lowest BCUT2D eigenvalue weighted by molar-refractivity contribution is 0.265. The molecule has 1 aliphatic rings. The zero-order valence-corrected chi connectivity index (χ0v) is 15.4. The molecule has 0 radical (unpaired) electrons. The lowest BCUT2D eigenvalue weighted by Gasteiger charge is -2.31. The molecule has 3 aromatic rings. The molecule has 1 aliphatic heterocycles. The second-order valence-electron chi connectivity index (χ2n) is 6.80. The summed E-state index contributed by atoms with van der Waals surface area (Å²) in [7, 11) is -3.14. The SMILES string of the molecule is CS(=O)(=O)N1CCC[C@@H](Cc2ncccc2-c2cnc3[nH]ccc3n2)C1. The maximum atomic E-state index is 11.9. The lowest BCUT2D eigenvalue weighted by Crippen LogP contribution is -2.39. The van der Waals surface area contributed by atoms with E-state index in [1.807, 2.05) is 24.4 Å². The first-order valence-electron chi connectivity index (χ1n) is 8.70. The molecular weight excluding hydrogens is 350 g/mol. The number of aromatic nitrogens is 4. The highest BCUT2D eigenvalue weighted by Gasteiger charge is 2.27. The molecule has 0 unspecified atom stereocenters. The zero-order chi connectivity index (χ0) is 18.1. The fourth-order valence-electron chi connectivity index (χ4n) is 3.56. The van der Waals surface area contributed by atoms with Gasteiger partial charge in [-0.05, 0) is 43.4 Å². The molecule has 0 spiro atoms. The molecule has 4 rings (SSSR count). The molecule has 4 heterocycles. The van der Waals surface area contributed by atoms with Gasteiger partial charge in [-0.2, -0.15) is 0 Å². The van der Waals surface area contributed by atoms with E-state index in [2.05, 4.69) is 19.9 Å². The third-order valence-electron chi connectivity index (χ3n) is 4.86. The molecule has 0 amide bonds. The van der Waals surface area contributed by atoms with Crippen molar-refractivity contribution in [2.24, 2.45) is 5.92 Å². The first-order valence-corrected chi connectivity index (χ1v) is 10.5. The molecule has 8 heteroatoms. The average molecular weight is 371 g/mol. The second kappa shape index (κ2) is 6.77. The van der Waals surface area contributed by atoms with E-state index in [0.717, 1.165) is 47.4 Å². The topological polar surface area (TPSA) is 91.8 Å². The van der Waals surface area contributed by atoms with Crippen LogP contribution in [0.25, 0.3) is 22.4 Å². The van der Waals surface area contributed by atoms with Gasteiger partial charge in [-0.15, -0.1) is 0 Å². The Morgan fingerprint density at radius 1 is 1.31 bits per heavy atom. The summed E-state index contributed by atoms with van der Waals surface area (Å²) in [6, 6.07) is 5.79. The van der Waals surface area contributed by atoms with Crippen molar-refractivity contribution < 1.29 is 8.42 Å². The van der Waals surface area contributed by atoms with Gasteiger partial charge in [-0.25, -0.2) is 22.7 Å². The number of hydrogen-bond acceptors (Lipinski definition) is 5. The summed E-state index contributed by atoms with van der Waals surface area (Å²) >= 11 is 0. The minimum absolute atomic E-state index is 0.260. The van der Waals surface area contributed by atoms with Gasteiger partial charge in [-0.1, -0.05) is 0 Å². The van der Waals surface area contributed by atoms with E-state index in [4.69, 9.17) is 0 Å². The van der Waals surface area contributed by atoms with Crippen molar-refractivity contribution in [3.05, 3.63) is 42.5 Å². The van der Waals surface area contributed by atoms with Gasteiger partial charge in [0.05, 0.1) is 23.8 Å². The Kier molecular flexibility index (Phi) is 4.46. The van der Waals surface area contributed by atoms with E-state index in [1.165, 1.54) is 6.26 Å². The Morgan fingerprint density at radius 3 is 3.04 bits per heavy atom. The van der Waals surface area contributed by atoms with Crippen LogP contribution >= 0.6 is 0 Å². The number of hydrogen-bond donors (Lipinski definition) is 1. The molecule has 1 fully saturated rings. The Hall–Kier alpha value is -2.32. The number of pyridine rings is 1. The maximum absolute atomic E-state index is 11.9. The molecule has 26 heavy (non-hydrogen) atoms. The van der Waals surface area contributed by atoms with Crippen molar-refractivity contribution in [1.29, 1.82) is 0 Å². The Morgan fingerprint density at radius 2 is 2.19 bits per heavy atom. The first-order chi connectivity index (χ1) is 12.5. The Balaban J connectivity index is 1.61. The summed E-state index contributed by atoms with van der Waals surface area (Å²) < 4.78 is 25.3. The van der Waals surface area contributed by atoms with E-state index < -0.39 is 10.0 Å². The van der Waals surface area contributed by atoms with Crippen LogP contribution in [0.15, 0.2) is 36.8 Å². The van der Waals surface area contributed by atoms with Gasteiger partial charge in [0.1, 0.15) is 5.52 Å². The highest BCUT2D eigenvalue weighted by molar-refractivity contribution is 7.88. The number of nitrogens with zero attached hydrogens (tertiary/aromatic N) is 4. The van der Waals surface area contributed by atoms with Crippen molar-refractivity contribution in [1.82, 2.24) is 24.2 Å². The van der Waals surface area contributed by atoms with E-state index in [1.54, 1.807) is 16.7 Å². The summed E-state index contributed by atoms with van der Waals surface area (Å²) in [5.41, 5.74) is 4.26. The van der Waals surface area contributed by atoms with E-state index in [9.17, 15) is 8.42 Å². The quantitative estimate of drug-likeness (QED) is 0.759. The number of H-pyrrole nitrogens is 1. The standard InChI is InChI=1S/C18H21N5O2S/c1-26(24,25)23-9-3-4-13(12-23)10-16-14(5-2-7-19-16)17-11-21-18-15(22-17)6-8-20-18/h2,5-8,11,13H,3-4,9-10,12H2,1H3,(H,20,21)/t13-/m0/s1. The predicted molar refractivity (Wildman–Crippen MR) is 100.0 cm³/mol. The monoisotopic (exact) mass is 371 g/mol. The third kappa shape index (κ3) is 3.47. The molecule has 136 valence electrons. The summed E-state index contributed by atoms with van der Waals surface area (Å²) in [4.78, 5) is 16.7. The predicted octanol–water partition coefficient (Wildman–Crippen LogP) is 2.23. The van der Waals surface area contributed by atoms with Crippen molar-refractivity contribution >= 4 is 21.2 Å². The smallest absolute Gasteiger partial charge is 0.211 e. The van der Waals surface area contributed by atoms with Crippen molar-refractivity contribution in [3.63, 3.8) is 0 Å². The van der Waals surface area contributed by atoms with Crippen LogP contribution in [0.1, 0.15) is 18.5 Å². The van der Waals surface area contributed by atoms with Gasteiger partial charge in [0, 0.05) is 31.0 Å². The van der Waals surface area contributed by atoms with Gasteiger partial charge in [-0.3, -0.25) is 4.98 Å². The summed E-state index contributed by atoms with van der Waals surface area (Å²) in [6.45, 7) is 1.16. The van der Waals surface area contributed by atoms with E-state index in [0.29, 0.717) is 13.1 Å². The van der Waals surface area contributed by atoms with Gasteiger partial charge in [0.2, 0.25) is 10.0 Å². The summed E-state index contributed by atoms with van der Waals surface area (Å²) in [5.74, 6) is 0.260. The molecule has 0 saturated carbocycles. The summed E-state index contributed by atoms with van der Waals surface area (Å²) in [6.07, 6.45) is 9.25. The fraction of sp³-hybridized carbons (Fsp3) is 0.389. The molecular formula is C18H21N5O2S. The van der Waals surface area contributed by atoms with Crippen molar-refractivity contribution in [2.45, 2.75) is 19.3 Å². The number of nitrogens with one attached hydrogen (secondary N) is 1. The fourth-order valence-corrected chi connectivity index (χ4v) is 4.50. The Labute approximate surface area is 152 Å². The van der Waals surface area contributed by atoms with E-state index >= 15 is 0 Å². The first kappa shape index (κ1) is 17.1.